The lowest BCUT2D eigenvalue weighted by Gasteiger charge is -2.34. The van der Waals surface area contributed by atoms with Crippen molar-refractivity contribution in [3.05, 3.63) is 12.3 Å². The number of anilines is 1. The van der Waals surface area contributed by atoms with Gasteiger partial charge in [0.2, 0.25) is 21.8 Å². The second kappa shape index (κ2) is 7.97. The van der Waals surface area contributed by atoms with E-state index >= 15 is 0 Å². The van der Waals surface area contributed by atoms with Gasteiger partial charge in [-0.3, -0.25) is 9.59 Å². The van der Waals surface area contributed by atoms with Crippen LogP contribution in [0.2, 0.25) is 0 Å². The molecular weight excluding hydrogens is 370 g/mol. The highest BCUT2D eigenvalue weighted by atomic mass is 32.2. The van der Waals surface area contributed by atoms with Crippen molar-refractivity contribution in [1.29, 1.82) is 0 Å². The number of hydrogen-bond acceptors (Lipinski definition) is 5. The molecule has 0 saturated carbocycles. The van der Waals surface area contributed by atoms with E-state index in [2.05, 4.69) is 15.1 Å². The van der Waals surface area contributed by atoms with Crippen molar-refractivity contribution >= 4 is 27.7 Å². The van der Waals surface area contributed by atoms with E-state index in [0.29, 0.717) is 31.7 Å². The number of likely N-dealkylation sites (tertiary alicyclic amines) is 1. The number of hydrogen-bond donors (Lipinski definition) is 2. The van der Waals surface area contributed by atoms with Crippen molar-refractivity contribution in [3.8, 4) is 0 Å². The van der Waals surface area contributed by atoms with Gasteiger partial charge in [0.15, 0.2) is 0 Å². The van der Waals surface area contributed by atoms with Crippen LogP contribution >= 0.6 is 0 Å². The molecule has 27 heavy (non-hydrogen) atoms. The Kier molecular flexibility index (Phi) is 6.31. The normalized spacial score (nSPS) is 17.6. The van der Waals surface area contributed by atoms with E-state index in [4.69, 9.17) is 0 Å². The highest BCUT2D eigenvalue weighted by molar-refractivity contribution is 7.88. The fourth-order valence-corrected chi connectivity index (χ4v) is 3.73. The Morgan fingerprint density at radius 3 is 2.37 bits per heavy atom. The molecule has 0 spiro atoms. The van der Waals surface area contributed by atoms with Crippen molar-refractivity contribution in [1.82, 2.24) is 19.4 Å². The van der Waals surface area contributed by atoms with Crippen LogP contribution in [0.25, 0.3) is 0 Å². The van der Waals surface area contributed by atoms with Gasteiger partial charge >= 0.3 is 0 Å². The van der Waals surface area contributed by atoms with Gasteiger partial charge in [-0.25, -0.2) is 17.8 Å². The van der Waals surface area contributed by atoms with Crippen LogP contribution in [0.3, 0.4) is 0 Å². The molecule has 0 radical (unpaired) electrons. The van der Waals surface area contributed by atoms with Gasteiger partial charge in [0.1, 0.15) is 5.82 Å². The molecule has 0 bridgehead atoms. The fraction of sp³-hybridized carbons (Fsp3) is 0.706. The third-order valence-corrected chi connectivity index (χ3v) is 5.26. The highest BCUT2D eigenvalue weighted by Gasteiger charge is 2.30. The van der Waals surface area contributed by atoms with Crippen molar-refractivity contribution in [2.24, 2.45) is 5.41 Å². The van der Waals surface area contributed by atoms with Crippen LogP contribution in [0.1, 0.15) is 46.6 Å². The van der Waals surface area contributed by atoms with Gasteiger partial charge in [0.25, 0.3) is 0 Å². The van der Waals surface area contributed by atoms with Crippen LogP contribution < -0.4 is 10.0 Å². The van der Waals surface area contributed by atoms with Crippen molar-refractivity contribution in [2.45, 2.75) is 52.6 Å². The first-order chi connectivity index (χ1) is 12.4. The van der Waals surface area contributed by atoms with Gasteiger partial charge in [0, 0.05) is 24.6 Å². The Morgan fingerprint density at radius 1 is 1.26 bits per heavy atom. The van der Waals surface area contributed by atoms with Gasteiger partial charge in [-0.05, 0) is 19.8 Å². The molecule has 1 aliphatic rings. The van der Waals surface area contributed by atoms with E-state index < -0.39 is 21.5 Å². The highest BCUT2D eigenvalue weighted by Crippen LogP contribution is 2.26. The Bertz CT molecular complexity index is 788. The summed E-state index contributed by atoms with van der Waals surface area (Å²) in [4.78, 5) is 26.3. The monoisotopic (exact) mass is 399 g/mol. The summed E-state index contributed by atoms with van der Waals surface area (Å²) in [6, 6.07) is 1.04. The average Bonchev–Trinajstić information content (AvgIpc) is 3.00. The zero-order valence-electron chi connectivity index (χ0n) is 16.5. The fourth-order valence-electron chi connectivity index (χ4n) is 2.98. The van der Waals surface area contributed by atoms with Crippen molar-refractivity contribution in [2.75, 3.05) is 24.7 Å². The van der Waals surface area contributed by atoms with Crippen LogP contribution in [0.4, 0.5) is 5.82 Å². The molecule has 1 atom stereocenters. The topological polar surface area (TPSA) is 113 Å². The number of amides is 2. The molecule has 2 N–H and O–H groups in total. The molecule has 1 unspecified atom stereocenters. The maximum absolute atomic E-state index is 12.4. The number of carbonyl (C=O) groups excluding carboxylic acids is 2. The maximum atomic E-state index is 12.4. The number of sulfonamides is 1. The summed E-state index contributed by atoms with van der Waals surface area (Å²) >= 11 is 0. The van der Waals surface area contributed by atoms with Crippen molar-refractivity contribution in [3.63, 3.8) is 0 Å². The van der Waals surface area contributed by atoms with Gasteiger partial charge < -0.3 is 10.2 Å². The summed E-state index contributed by atoms with van der Waals surface area (Å²) in [5.74, 6) is 0.324. The molecular formula is C17H29N5O4S. The lowest BCUT2D eigenvalue weighted by Crippen LogP contribution is -2.49. The number of aromatic nitrogens is 2. The molecule has 1 saturated heterocycles. The molecule has 1 aliphatic heterocycles. The number of rotatable bonds is 5. The second-order valence-electron chi connectivity index (χ2n) is 8.03. The number of nitrogens with one attached hydrogen (secondary N) is 2. The summed E-state index contributed by atoms with van der Waals surface area (Å²) in [5.41, 5.74) is -0.506. The SMILES string of the molecule is CC(NS(C)(=O)=O)C(=O)N1CCC(n2nccc2NC(=O)C(C)(C)C)CC1. The van der Waals surface area contributed by atoms with E-state index in [1.54, 1.807) is 28.8 Å². The van der Waals surface area contributed by atoms with E-state index in [0.717, 1.165) is 6.26 Å². The van der Waals surface area contributed by atoms with Crippen LogP contribution in [0, 0.1) is 5.41 Å². The zero-order valence-corrected chi connectivity index (χ0v) is 17.3. The maximum Gasteiger partial charge on any atom is 0.240 e. The number of piperidine rings is 1. The molecule has 9 nitrogen and oxygen atoms in total. The van der Waals surface area contributed by atoms with E-state index in [-0.39, 0.29) is 17.9 Å². The smallest absolute Gasteiger partial charge is 0.240 e. The lowest BCUT2D eigenvalue weighted by atomic mass is 9.96. The largest absolute Gasteiger partial charge is 0.341 e. The first kappa shape index (κ1) is 21.4. The Morgan fingerprint density at radius 2 is 1.85 bits per heavy atom. The Hall–Kier alpha value is -1.94. The predicted octanol–water partition coefficient (Wildman–Crippen LogP) is 0.969. The van der Waals surface area contributed by atoms with Gasteiger partial charge in [-0.15, -0.1) is 0 Å². The summed E-state index contributed by atoms with van der Waals surface area (Å²) in [6.07, 6.45) is 4.04. The second-order valence-corrected chi connectivity index (χ2v) is 9.81. The molecule has 0 aromatic carbocycles. The number of nitrogens with zero attached hydrogens (tertiary/aromatic N) is 3. The van der Waals surface area contributed by atoms with Crippen molar-refractivity contribution < 1.29 is 18.0 Å². The first-order valence-corrected chi connectivity index (χ1v) is 10.9. The summed E-state index contributed by atoms with van der Waals surface area (Å²) < 4.78 is 26.7. The molecule has 2 rings (SSSR count). The summed E-state index contributed by atoms with van der Waals surface area (Å²) in [5, 5.41) is 7.25. The minimum atomic E-state index is -3.43. The Labute approximate surface area is 160 Å². The molecule has 1 aromatic heterocycles. The minimum absolute atomic E-state index is 0.0671. The predicted molar refractivity (Wildman–Crippen MR) is 103 cm³/mol. The average molecular weight is 400 g/mol. The molecule has 152 valence electrons. The Balaban J connectivity index is 1.98. The van der Waals surface area contributed by atoms with Gasteiger partial charge in [-0.1, -0.05) is 20.8 Å². The molecule has 2 amide bonds. The minimum Gasteiger partial charge on any atom is -0.341 e. The van der Waals surface area contributed by atoms with Crippen LogP contribution in [0.5, 0.6) is 0 Å². The van der Waals surface area contributed by atoms with E-state index in [1.807, 2.05) is 20.8 Å². The van der Waals surface area contributed by atoms with E-state index in [1.165, 1.54) is 0 Å². The van der Waals surface area contributed by atoms with Crippen LogP contribution in [0.15, 0.2) is 12.3 Å². The van der Waals surface area contributed by atoms with Gasteiger partial charge in [-0.2, -0.15) is 5.10 Å². The standard InChI is InChI=1S/C17H29N5O4S/c1-12(20-27(5,25)26)15(23)21-10-7-13(8-11-21)22-14(6-9-18-22)19-16(24)17(2,3)4/h6,9,12-13,20H,7-8,10-11H2,1-5H3,(H,19,24). The van der Waals surface area contributed by atoms with Crippen LogP contribution in [-0.4, -0.2) is 60.3 Å². The quantitative estimate of drug-likeness (QED) is 0.766. The molecule has 10 heteroatoms. The first-order valence-electron chi connectivity index (χ1n) is 8.99. The molecule has 1 aromatic rings. The van der Waals surface area contributed by atoms with E-state index in [9.17, 15) is 18.0 Å². The van der Waals surface area contributed by atoms with Gasteiger partial charge in [0.05, 0.1) is 24.5 Å². The molecule has 0 aliphatic carbocycles. The third-order valence-electron chi connectivity index (χ3n) is 4.48. The zero-order chi connectivity index (χ0) is 20.4. The molecule has 2 heterocycles. The van der Waals surface area contributed by atoms with Crippen LogP contribution in [-0.2, 0) is 19.6 Å². The summed E-state index contributed by atoms with van der Waals surface area (Å²) in [6.45, 7) is 8.09. The molecule has 1 fully saturated rings. The summed E-state index contributed by atoms with van der Waals surface area (Å²) in [7, 11) is -3.43. The third kappa shape index (κ3) is 5.77. The number of carbonyl (C=O) groups is 2. The lowest BCUT2D eigenvalue weighted by molar-refractivity contribution is -0.133.